The minimum Gasteiger partial charge on any atom is -0.353 e. The second-order valence-electron chi connectivity index (χ2n) is 5.22. The van der Waals surface area contributed by atoms with Crippen molar-refractivity contribution in [3.8, 4) is 0 Å². The summed E-state index contributed by atoms with van der Waals surface area (Å²) in [6.45, 7) is 0. The SMILES string of the molecule is Cn1ccnc1SCC(=O)NC1CCCCCCC1. The number of imidazole rings is 1. The van der Waals surface area contributed by atoms with Gasteiger partial charge in [-0.05, 0) is 12.8 Å². The molecule has 0 radical (unpaired) electrons. The zero-order valence-electron chi connectivity index (χ0n) is 11.6. The lowest BCUT2D eigenvalue weighted by Gasteiger charge is -2.20. The summed E-state index contributed by atoms with van der Waals surface area (Å²) >= 11 is 1.50. The first-order valence-corrected chi connectivity index (χ1v) is 8.14. The number of nitrogens with one attached hydrogen (secondary N) is 1. The van der Waals surface area contributed by atoms with Crippen LogP contribution in [0.5, 0.6) is 0 Å². The summed E-state index contributed by atoms with van der Waals surface area (Å²) < 4.78 is 1.94. The normalized spacial score (nSPS) is 17.7. The highest BCUT2D eigenvalue weighted by molar-refractivity contribution is 7.99. The molecule has 0 atom stereocenters. The molecule has 1 aromatic heterocycles. The number of carbonyl (C=O) groups excluding carboxylic acids is 1. The molecular weight excluding hydrogens is 258 g/mol. The van der Waals surface area contributed by atoms with Crippen LogP contribution in [-0.2, 0) is 11.8 Å². The number of hydrogen-bond donors (Lipinski definition) is 1. The molecule has 19 heavy (non-hydrogen) atoms. The highest BCUT2D eigenvalue weighted by atomic mass is 32.2. The smallest absolute Gasteiger partial charge is 0.230 e. The van der Waals surface area contributed by atoms with Gasteiger partial charge in [-0.3, -0.25) is 4.79 Å². The highest BCUT2D eigenvalue weighted by Crippen LogP contribution is 2.18. The fraction of sp³-hybridized carbons (Fsp3) is 0.714. The van der Waals surface area contributed by atoms with Gasteiger partial charge in [-0.2, -0.15) is 0 Å². The number of aromatic nitrogens is 2. The Morgan fingerprint density at radius 2 is 2.05 bits per heavy atom. The molecule has 2 rings (SSSR count). The fourth-order valence-corrected chi connectivity index (χ4v) is 3.23. The van der Waals surface area contributed by atoms with E-state index in [1.54, 1.807) is 6.20 Å². The van der Waals surface area contributed by atoms with Gasteiger partial charge in [0.15, 0.2) is 5.16 Å². The lowest BCUT2D eigenvalue weighted by atomic mass is 9.97. The second kappa shape index (κ2) is 7.58. The third kappa shape index (κ3) is 4.90. The Bertz CT molecular complexity index is 397. The molecule has 1 aromatic rings. The molecule has 5 heteroatoms. The first kappa shape index (κ1) is 14.4. The van der Waals surface area contributed by atoms with Crippen molar-refractivity contribution >= 4 is 17.7 Å². The van der Waals surface area contributed by atoms with Crippen LogP contribution in [0.25, 0.3) is 0 Å². The summed E-state index contributed by atoms with van der Waals surface area (Å²) in [6, 6.07) is 0.384. The molecule has 0 saturated heterocycles. The molecule has 0 aliphatic heterocycles. The third-order valence-electron chi connectivity index (χ3n) is 3.58. The molecule has 1 N–H and O–H groups in total. The molecule has 1 saturated carbocycles. The predicted molar refractivity (Wildman–Crippen MR) is 78.2 cm³/mol. The number of thioether (sulfide) groups is 1. The van der Waals surface area contributed by atoms with E-state index in [1.165, 1.54) is 43.9 Å². The number of nitrogens with zero attached hydrogens (tertiary/aromatic N) is 2. The fourth-order valence-electron chi connectivity index (χ4n) is 2.49. The van der Waals surface area contributed by atoms with Gasteiger partial charge in [0, 0.05) is 25.5 Å². The monoisotopic (exact) mass is 281 g/mol. The van der Waals surface area contributed by atoms with Crippen molar-refractivity contribution in [2.45, 2.75) is 56.1 Å². The molecule has 1 aliphatic carbocycles. The van der Waals surface area contributed by atoms with E-state index in [0.717, 1.165) is 18.0 Å². The Hall–Kier alpha value is -0.970. The summed E-state index contributed by atoms with van der Waals surface area (Å²) in [5.41, 5.74) is 0. The van der Waals surface area contributed by atoms with Gasteiger partial charge in [-0.1, -0.05) is 43.9 Å². The number of rotatable bonds is 4. The zero-order valence-corrected chi connectivity index (χ0v) is 12.4. The van der Waals surface area contributed by atoms with Crippen molar-refractivity contribution in [1.82, 2.24) is 14.9 Å². The standard InChI is InChI=1S/C14H23N3OS/c1-17-10-9-15-14(17)19-11-13(18)16-12-7-5-3-2-4-6-8-12/h9-10,12H,2-8,11H2,1H3,(H,16,18). The zero-order chi connectivity index (χ0) is 13.5. The molecule has 0 unspecified atom stereocenters. The molecule has 1 amide bonds. The summed E-state index contributed by atoms with van der Waals surface area (Å²) in [4.78, 5) is 16.2. The first-order chi connectivity index (χ1) is 9.25. The van der Waals surface area contributed by atoms with Crippen molar-refractivity contribution in [3.05, 3.63) is 12.4 Å². The van der Waals surface area contributed by atoms with Gasteiger partial charge in [0.1, 0.15) is 0 Å². The molecule has 4 nitrogen and oxygen atoms in total. The molecule has 1 fully saturated rings. The van der Waals surface area contributed by atoms with Crippen LogP contribution >= 0.6 is 11.8 Å². The minimum atomic E-state index is 0.138. The van der Waals surface area contributed by atoms with Crippen molar-refractivity contribution in [2.75, 3.05) is 5.75 Å². The van der Waals surface area contributed by atoms with Crippen LogP contribution in [0.15, 0.2) is 17.6 Å². The number of carbonyl (C=O) groups is 1. The Morgan fingerprint density at radius 1 is 1.37 bits per heavy atom. The largest absolute Gasteiger partial charge is 0.353 e. The molecule has 0 aromatic carbocycles. The molecule has 0 spiro atoms. The van der Waals surface area contributed by atoms with Crippen molar-refractivity contribution < 1.29 is 4.79 Å². The first-order valence-electron chi connectivity index (χ1n) is 7.15. The number of aryl methyl sites for hydroxylation is 1. The maximum atomic E-state index is 11.9. The Labute approximate surface area is 119 Å². The van der Waals surface area contributed by atoms with E-state index in [2.05, 4.69) is 10.3 Å². The Kier molecular flexibility index (Phi) is 5.76. The summed E-state index contributed by atoms with van der Waals surface area (Å²) in [7, 11) is 1.95. The summed E-state index contributed by atoms with van der Waals surface area (Å²) in [5, 5.41) is 4.07. The molecule has 0 bridgehead atoms. The van der Waals surface area contributed by atoms with Gasteiger partial charge < -0.3 is 9.88 Å². The van der Waals surface area contributed by atoms with E-state index in [1.807, 2.05) is 17.8 Å². The quantitative estimate of drug-likeness (QED) is 0.863. The Balaban J connectivity index is 1.72. The lowest BCUT2D eigenvalue weighted by molar-refractivity contribution is -0.119. The van der Waals surface area contributed by atoms with Gasteiger partial charge in [-0.25, -0.2) is 4.98 Å². The van der Waals surface area contributed by atoms with E-state index in [0.29, 0.717) is 11.8 Å². The van der Waals surface area contributed by atoms with Crippen molar-refractivity contribution in [1.29, 1.82) is 0 Å². The number of amides is 1. The summed E-state index contributed by atoms with van der Waals surface area (Å²) in [5.74, 6) is 0.597. The van der Waals surface area contributed by atoms with Crippen LogP contribution in [-0.4, -0.2) is 27.3 Å². The van der Waals surface area contributed by atoms with E-state index in [4.69, 9.17) is 0 Å². The van der Waals surface area contributed by atoms with Gasteiger partial charge >= 0.3 is 0 Å². The maximum Gasteiger partial charge on any atom is 0.230 e. The van der Waals surface area contributed by atoms with Gasteiger partial charge in [0.05, 0.1) is 5.75 Å². The molecular formula is C14H23N3OS. The van der Waals surface area contributed by atoms with Crippen molar-refractivity contribution in [3.63, 3.8) is 0 Å². The van der Waals surface area contributed by atoms with Gasteiger partial charge in [0.2, 0.25) is 5.91 Å². The van der Waals surface area contributed by atoms with E-state index < -0.39 is 0 Å². The summed E-state index contributed by atoms with van der Waals surface area (Å²) in [6.07, 6.45) is 12.4. The predicted octanol–water partition coefficient (Wildman–Crippen LogP) is 2.74. The van der Waals surface area contributed by atoms with E-state index >= 15 is 0 Å². The van der Waals surface area contributed by atoms with E-state index in [9.17, 15) is 4.79 Å². The van der Waals surface area contributed by atoms with Crippen LogP contribution in [0, 0.1) is 0 Å². The molecule has 1 aliphatic rings. The van der Waals surface area contributed by atoms with Crippen LogP contribution < -0.4 is 5.32 Å². The van der Waals surface area contributed by atoms with E-state index in [-0.39, 0.29) is 5.91 Å². The molecule has 1 heterocycles. The molecule has 106 valence electrons. The highest BCUT2D eigenvalue weighted by Gasteiger charge is 2.14. The van der Waals surface area contributed by atoms with Crippen molar-refractivity contribution in [2.24, 2.45) is 7.05 Å². The minimum absolute atomic E-state index is 0.138. The van der Waals surface area contributed by atoms with Crippen LogP contribution in [0.1, 0.15) is 44.9 Å². The average molecular weight is 281 g/mol. The second-order valence-corrected chi connectivity index (χ2v) is 6.16. The van der Waals surface area contributed by atoms with Gasteiger partial charge in [0.25, 0.3) is 0 Å². The Morgan fingerprint density at radius 3 is 2.68 bits per heavy atom. The lowest BCUT2D eigenvalue weighted by Crippen LogP contribution is -2.36. The topological polar surface area (TPSA) is 46.9 Å². The van der Waals surface area contributed by atoms with Crippen LogP contribution in [0.2, 0.25) is 0 Å². The van der Waals surface area contributed by atoms with Crippen LogP contribution in [0.4, 0.5) is 0 Å². The third-order valence-corrected chi connectivity index (χ3v) is 4.64. The van der Waals surface area contributed by atoms with Crippen LogP contribution in [0.3, 0.4) is 0 Å². The maximum absolute atomic E-state index is 11.9. The number of hydrogen-bond acceptors (Lipinski definition) is 3. The average Bonchev–Trinajstić information content (AvgIpc) is 2.76. The van der Waals surface area contributed by atoms with Gasteiger partial charge in [-0.15, -0.1) is 0 Å².